The molecule has 5 heavy (non-hydrogen) atoms. The van der Waals surface area contributed by atoms with E-state index in [0.29, 0.717) is 0 Å². The first-order valence-electron chi connectivity index (χ1n) is 0.651. The van der Waals surface area contributed by atoms with Gasteiger partial charge in [0.25, 0.3) is 0 Å². The van der Waals surface area contributed by atoms with Crippen molar-refractivity contribution in [2.45, 2.75) is 0 Å². The van der Waals surface area contributed by atoms with Gasteiger partial charge in [0, 0.05) is 17.4 Å². The second-order valence-corrected chi connectivity index (χ2v) is 0.283. The molecule has 0 bridgehead atoms. The van der Waals surface area contributed by atoms with E-state index in [1.807, 2.05) is 0 Å². The molecular formula is CH2CrO3. The van der Waals surface area contributed by atoms with E-state index in [4.69, 9.17) is 15.0 Å². The van der Waals surface area contributed by atoms with Gasteiger partial charge in [-0.3, -0.25) is 0 Å². The number of carboxylic acid groups (broad SMARTS) is 2. The van der Waals surface area contributed by atoms with Gasteiger partial charge in [-0.25, -0.2) is 4.79 Å². The standard InChI is InChI=1S/CH2O3.Cr/c2-1(3)4;/h(H2,2,3,4);. The molecule has 3 nitrogen and oxygen atoms in total. The Balaban J connectivity index is 0. The third-order valence-electron chi connectivity index (χ3n) is 0. The summed E-state index contributed by atoms with van der Waals surface area (Å²) in [6.45, 7) is 0. The van der Waals surface area contributed by atoms with Crippen LogP contribution in [0.2, 0.25) is 0 Å². The zero-order chi connectivity index (χ0) is 3.58. The predicted octanol–water partition coefficient (Wildman–Crippen LogP) is 0.220. The fourth-order valence-electron chi connectivity index (χ4n) is 0. The van der Waals surface area contributed by atoms with Crippen LogP contribution in [0, 0.1) is 0 Å². The van der Waals surface area contributed by atoms with E-state index >= 15 is 0 Å². The van der Waals surface area contributed by atoms with Crippen LogP contribution in [-0.2, 0) is 17.4 Å². The van der Waals surface area contributed by atoms with Crippen molar-refractivity contribution in [1.29, 1.82) is 0 Å². The van der Waals surface area contributed by atoms with Gasteiger partial charge in [-0.2, -0.15) is 0 Å². The first kappa shape index (κ1) is 8.84. The van der Waals surface area contributed by atoms with E-state index < -0.39 is 6.16 Å². The Morgan fingerprint density at radius 2 is 1.40 bits per heavy atom. The molecular weight excluding hydrogens is 112 g/mol. The van der Waals surface area contributed by atoms with Crippen molar-refractivity contribution < 1.29 is 32.4 Å². The molecule has 2 N–H and O–H groups in total. The topological polar surface area (TPSA) is 57.5 Å². The van der Waals surface area contributed by atoms with E-state index in [9.17, 15) is 0 Å². The summed E-state index contributed by atoms with van der Waals surface area (Å²) in [5.41, 5.74) is 0. The fraction of sp³-hybridized carbons (Fsp3) is 0. The molecule has 0 aliphatic carbocycles. The summed E-state index contributed by atoms with van der Waals surface area (Å²) in [6, 6.07) is 0. The van der Waals surface area contributed by atoms with Crippen LogP contribution in [0.4, 0.5) is 4.79 Å². The quantitative estimate of drug-likeness (QED) is 0.473. The largest absolute Gasteiger partial charge is 0.503 e. The van der Waals surface area contributed by atoms with E-state index in [2.05, 4.69) is 0 Å². The van der Waals surface area contributed by atoms with E-state index in [-0.39, 0.29) is 17.4 Å². The second-order valence-electron chi connectivity index (χ2n) is 0.283. The van der Waals surface area contributed by atoms with Crippen LogP contribution in [0.15, 0.2) is 0 Å². The van der Waals surface area contributed by atoms with Gasteiger partial charge in [0.2, 0.25) is 0 Å². The maximum absolute atomic E-state index is 8.56. The SMILES string of the molecule is O=C(O)O.[Cr]. The molecule has 0 spiro atoms. The van der Waals surface area contributed by atoms with E-state index in [1.165, 1.54) is 0 Å². The third-order valence-corrected chi connectivity index (χ3v) is 0. The van der Waals surface area contributed by atoms with Crippen molar-refractivity contribution in [3.05, 3.63) is 0 Å². The first-order chi connectivity index (χ1) is 1.73. The summed E-state index contributed by atoms with van der Waals surface area (Å²) in [6.07, 6.45) is -1.83. The van der Waals surface area contributed by atoms with Crippen molar-refractivity contribution in [2.75, 3.05) is 0 Å². The number of rotatable bonds is 0. The van der Waals surface area contributed by atoms with Crippen LogP contribution in [0.1, 0.15) is 0 Å². The molecule has 0 aromatic rings. The molecule has 0 aromatic heterocycles. The maximum atomic E-state index is 8.56. The predicted molar refractivity (Wildman–Crippen MR) is 10.7 cm³/mol. The number of carbonyl (C=O) groups is 1. The van der Waals surface area contributed by atoms with Gasteiger partial charge in [-0.1, -0.05) is 0 Å². The molecule has 0 saturated heterocycles. The van der Waals surface area contributed by atoms with E-state index in [1.54, 1.807) is 0 Å². The monoisotopic (exact) mass is 114 g/mol. The molecule has 0 amide bonds. The van der Waals surface area contributed by atoms with Crippen LogP contribution in [-0.4, -0.2) is 16.4 Å². The molecule has 0 fully saturated rings. The van der Waals surface area contributed by atoms with Gasteiger partial charge in [-0.15, -0.1) is 0 Å². The summed E-state index contributed by atoms with van der Waals surface area (Å²) in [5, 5.41) is 13.9. The van der Waals surface area contributed by atoms with Gasteiger partial charge in [0.1, 0.15) is 0 Å². The molecule has 0 heterocycles. The Morgan fingerprint density at radius 1 is 1.40 bits per heavy atom. The van der Waals surface area contributed by atoms with Gasteiger partial charge in [0.05, 0.1) is 0 Å². The average Bonchev–Trinajstić information content (AvgIpc) is 0.811. The molecule has 30 valence electrons. The summed E-state index contributed by atoms with van der Waals surface area (Å²) in [4.78, 5) is 8.56. The minimum atomic E-state index is -1.83. The zero-order valence-corrected chi connectivity index (χ0v) is 3.49. The van der Waals surface area contributed by atoms with Crippen LogP contribution in [0.25, 0.3) is 0 Å². The van der Waals surface area contributed by atoms with Crippen LogP contribution in [0.3, 0.4) is 0 Å². The smallest absolute Gasteiger partial charge is 0.450 e. The molecule has 0 atom stereocenters. The average molecular weight is 114 g/mol. The van der Waals surface area contributed by atoms with Crippen LogP contribution >= 0.6 is 0 Å². The summed E-state index contributed by atoms with van der Waals surface area (Å²) in [7, 11) is 0. The Kier molecular flexibility index (Phi) is 6.72. The summed E-state index contributed by atoms with van der Waals surface area (Å²) >= 11 is 0. The Bertz CT molecular complexity index is 29.9. The van der Waals surface area contributed by atoms with Crippen molar-refractivity contribution in [1.82, 2.24) is 0 Å². The van der Waals surface area contributed by atoms with Crippen molar-refractivity contribution in [2.24, 2.45) is 0 Å². The minimum Gasteiger partial charge on any atom is -0.450 e. The van der Waals surface area contributed by atoms with Crippen LogP contribution in [0.5, 0.6) is 0 Å². The Labute approximate surface area is 39.4 Å². The minimum absolute atomic E-state index is 0. The fourth-order valence-corrected chi connectivity index (χ4v) is 0. The number of hydrogen-bond acceptors (Lipinski definition) is 1. The summed E-state index contributed by atoms with van der Waals surface area (Å²) in [5.74, 6) is 0. The van der Waals surface area contributed by atoms with Crippen LogP contribution < -0.4 is 0 Å². The maximum Gasteiger partial charge on any atom is 0.503 e. The Morgan fingerprint density at radius 3 is 1.40 bits per heavy atom. The summed E-state index contributed by atoms with van der Waals surface area (Å²) < 4.78 is 0. The van der Waals surface area contributed by atoms with Crippen molar-refractivity contribution in [3.8, 4) is 0 Å². The van der Waals surface area contributed by atoms with Crippen molar-refractivity contribution in [3.63, 3.8) is 0 Å². The van der Waals surface area contributed by atoms with Gasteiger partial charge in [0.15, 0.2) is 0 Å². The van der Waals surface area contributed by atoms with E-state index in [0.717, 1.165) is 0 Å². The molecule has 0 aliphatic heterocycles. The molecule has 0 aromatic carbocycles. The molecule has 0 unspecified atom stereocenters. The normalized spacial score (nSPS) is 4.80. The molecule has 0 radical (unpaired) electrons. The zero-order valence-electron chi connectivity index (χ0n) is 2.21. The molecule has 0 rings (SSSR count). The van der Waals surface area contributed by atoms with Gasteiger partial charge in [-0.05, 0) is 0 Å². The first-order valence-corrected chi connectivity index (χ1v) is 0.651. The Hall–Kier alpha value is -0.198. The van der Waals surface area contributed by atoms with Crippen molar-refractivity contribution >= 4 is 6.16 Å². The third kappa shape index (κ3) is 317. The molecule has 0 saturated carbocycles. The second kappa shape index (κ2) is 3.80. The number of hydrogen-bond donors (Lipinski definition) is 2. The van der Waals surface area contributed by atoms with Gasteiger partial charge >= 0.3 is 6.16 Å². The molecule has 0 aliphatic rings. The van der Waals surface area contributed by atoms with Gasteiger partial charge < -0.3 is 10.2 Å². The molecule has 4 heteroatoms.